The fourth-order valence-corrected chi connectivity index (χ4v) is 0.385. The van der Waals surface area contributed by atoms with Gasteiger partial charge in [-0.1, -0.05) is 50.2 Å². The van der Waals surface area contributed by atoms with Gasteiger partial charge in [0.15, 0.2) is 7.05 Å². The van der Waals surface area contributed by atoms with Crippen LogP contribution in [-0.4, -0.2) is 23.0 Å². The zero-order valence-corrected chi connectivity index (χ0v) is 10.1. The van der Waals surface area contributed by atoms with Crippen LogP contribution in [0.1, 0.15) is 20.8 Å². The molecule has 0 aliphatic carbocycles. The van der Waals surface area contributed by atoms with E-state index in [2.05, 4.69) is 0 Å². The van der Waals surface area contributed by atoms with Crippen LogP contribution < -0.4 is 0 Å². The summed E-state index contributed by atoms with van der Waals surface area (Å²) in [6.45, 7) is 5.08. The summed E-state index contributed by atoms with van der Waals surface area (Å²) in [5, 5.41) is 16.2. The minimum Gasteiger partial charge on any atom is -0.481 e. The number of hydrogen-bond donors (Lipinski definition) is 1. The maximum atomic E-state index is 9.00. The van der Waals surface area contributed by atoms with Gasteiger partial charge in [-0.25, -0.2) is 0 Å². The minimum atomic E-state index is -0.833. The van der Waals surface area contributed by atoms with E-state index in [1.807, 2.05) is 50.2 Å². The second kappa shape index (κ2) is 18.8. The molecule has 0 aromatic heterocycles. The van der Waals surface area contributed by atoms with E-state index in [0.29, 0.717) is 0 Å². The molecule has 0 spiro atoms. The van der Waals surface area contributed by atoms with Gasteiger partial charge in [0.1, 0.15) is 0 Å². The first-order valence-corrected chi connectivity index (χ1v) is 4.74. The van der Waals surface area contributed by atoms with Crippen molar-refractivity contribution in [2.75, 3.05) is 7.05 Å². The molecule has 1 aromatic rings. The zero-order valence-electron chi connectivity index (χ0n) is 10.1. The van der Waals surface area contributed by atoms with Gasteiger partial charge in [-0.15, -0.1) is 0 Å². The van der Waals surface area contributed by atoms with Crippen molar-refractivity contribution in [1.29, 1.82) is 0 Å². The normalized spacial score (nSPS) is 6.50. The quantitative estimate of drug-likeness (QED) is 0.547. The summed E-state index contributed by atoms with van der Waals surface area (Å²) in [5.74, 6) is -0.833. The first-order valence-electron chi connectivity index (χ1n) is 4.74. The van der Waals surface area contributed by atoms with Crippen molar-refractivity contribution < 1.29 is 14.8 Å². The fraction of sp³-hybridized carbons (Fsp3) is 0.364. The molecular weight excluding hydrogens is 210 g/mol. The molecule has 0 amide bonds. The van der Waals surface area contributed by atoms with Crippen molar-refractivity contribution >= 4 is 5.97 Å². The Balaban J connectivity index is -0.000000152. The summed E-state index contributed by atoms with van der Waals surface area (Å²) in [6.07, 6.45) is 0. The molecule has 1 N–H and O–H groups in total. The molecule has 0 heterocycles. The van der Waals surface area contributed by atoms with Crippen LogP contribution in [-0.2, 0) is 4.79 Å². The van der Waals surface area contributed by atoms with E-state index in [9.17, 15) is 0 Å². The maximum Gasteiger partial charge on any atom is 0.300 e. The Hall–Kier alpha value is -1.91. The van der Waals surface area contributed by atoms with Gasteiger partial charge in [0.2, 0.25) is 0 Å². The van der Waals surface area contributed by atoms with Crippen molar-refractivity contribution in [2.45, 2.75) is 20.8 Å². The van der Waals surface area contributed by atoms with E-state index in [-0.39, 0.29) is 0 Å². The number of carbonyl (C=O) groups is 1. The highest BCUT2D eigenvalue weighted by molar-refractivity contribution is 5.62. The molecule has 0 bridgehead atoms. The average molecular weight is 229 g/mol. The van der Waals surface area contributed by atoms with Crippen molar-refractivity contribution in [2.24, 2.45) is 0 Å². The molecule has 0 saturated carbocycles. The van der Waals surface area contributed by atoms with Crippen molar-refractivity contribution in [1.82, 2.24) is 0 Å². The van der Waals surface area contributed by atoms with Crippen molar-refractivity contribution in [3.8, 4) is 0 Å². The highest BCUT2D eigenvalue weighted by Gasteiger charge is 1.65. The van der Waals surface area contributed by atoms with E-state index in [4.69, 9.17) is 20.0 Å². The Morgan fingerprint density at radius 1 is 1.06 bits per heavy atom. The summed E-state index contributed by atoms with van der Waals surface area (Å²) in [7, 11) is 0.889. The van der Waals surface area contributed by atoms with Gasteiger partial charge in [-0.3, -0.25) is 14.9 Å². The van der Waals surface area contributed by atoms with E-state index in [1.54, 1.807) is 0 Å². The largest absolute Gasteiger partial charge is 0.481 e. The molecule has 0 radical (unpaired) electrons. The third kappa shape index (κ3) is 88.9. The topological polar surface area (TPSA) is 80.4 Å². The molecule has 0 saturated heterocycles. The van der Waals surface area contributed by atoms with Crippen LogP contribution in [0.2, 0.25) is 0 Å². The Labute approximate surface area is 95.9 Å². The number of aliphatic carboxylic acids is 1. The highest BCUT2D eigenvalue weighted by atomic mass is 16.6. The maximum absolute atomic E-state index is 9.00. The van der Waals surface area contributed by atoms with Crippen LogP contribution in [0.4, 0.5) is 0 Å². The molecule has 1 aromatic carbocycles. The Bertz CT molecular complexity index is 203. The lowest BCUT2D eigenvalue weighted by Crippen LogP contribution is -1.79. The molecule has 92 valence electrons. The summed E-state index contributed by atoms with van der Waals surface area (Å²) in [6, 6.07) is 12.0. The first kappa shape index (κ1) is 19.6. The number of carboxylic acids is 1. The number of carboxylic acid groups (broad SMARTS) is 1. The first-order chi connectivity index (χ1) is 7.46. The third-order valence-electron chi connectivity index (χ3n) is 0.667. The summed E-state index contributed by atoms with van der Waals surface area (Å²) < 4.78 is 0. The molecule has 0 aliphatic heterocycles. The Kier molecular flexibility index (Phi) is 23.1. The van der Waals surface area contributed by atoms with Crippen LogP contribution in [0.5, 0.6) is 0 Å². The minimum absolute atomic E-state index is 0.500. The standard InChI is InChI=1S/C6H6.C2H4O2.C2H6.CH3NO2/c1-2-4-6-5-3-1;1-2(3)4;1-2;1-2(3)4/h1-6H;1H3,(H,3,4);1-2H3;1H3. The molecule has 0 aliphatic rings. The molecule has 1 rings (SSSR count). The predicted molar refractivity (Wildman–Crippen MR) is 64.0 cm³/mol. The SMILES string of the molecule is CC.CC(=O)O.C[N+](=O)[O-].c1ccccc1. The highest BCUT2D eigenvalue weighted by Crippen LogP contribution is 1.79. The average Bonchev–Trinajstić information content (AvgIpc) is 2.22. The predicted octanol–water partition coefficient (Wildman–Crippen LogP) is 2.70. The third-order valence-corrected chi connectivity index (χ3v) is 0.667. The van der Waals surface area contributed by atoms with Gasteiger partial charge in [-0.2, -0.15) is 0 Å². The zero-order chi connectivity index (χ0) is 13.4. The van der Waals surface area contributed by atoms with Gasteiger partial charge in [0.25, 0.3) is 5.97 Å². The summed E-state index contributed by atoms with van der Waals surface area (Å²) in [5.41, 5.74) is 0. The Morgan fingerprint density at radius 2 is 1.12 bits per heavy atom. The van der Waals surface area contributed by atoms with Gasteiger partial charge in [0, 0.05) is 11.8 Å². The van der Waals surface area contributed by atoms with Crippen LogP contribution in [0, 0.1) is 10.1 Å². The van der Waals surface area contributed by atoms with Crippen LogP contribution >= 0.6 is 0 Å². The molecule has 5 nitrogen and oxygen atoms in total. The lowest BCUT2D eigenvalue weighted by atomic mass is 10.4. The van der Waals surface area contributed by atoms with Crippen molar-refractivity contribution in [3.63, 3.8) is 0 Å². The fourth-order valence-electron chi connectivity index (χ4n) is 0.385. The van der Waals surface area contributed by atoms with Crippen molar-refractivity contribution in [3.05, 3.63) is 46.5 Å². The molecule has 0 fully saturated rings. The van der Waals surface area contributed by atoms with Gasteiger partial charge < -0.3 is 5.11 Å². The molecule has 16 heavy (non-hydrogen) atoms. The summed E-state index contributed by atoms with van der Waals surface area (Å²) >= 11 is 0. The molecular formula is C11H19NO4. The summed E-state index contributed by atoms with van der Waals surface area (Å²) in [4.78, 5) is 17.3. The van der Waals surface area contributed by atoms with E-state index < -0.39 is 10.9 Å². The van der Waals surface area contributed by atoms with Gasteiger partial charge >= 0.3 is 0 Å². The number of hydrogen-bond acceptors (Lipinski definition) is 3. The van der Waals surface area contributed by atoms with Gasteiger partial charge in [-0.05, 0) is 0 Å². The number of rotatable bonds is 0. The number of nitro groups is 1. The second-order valence-corrected chi connectivity index (χ2v) is 2.11. The van der Waals surface area contributed by atoms with E-state index in [1.165, 1.54) is 0 Å². The van der Waals surface area contributed by atoms with Crippen LogP contribution in [0.25, 0.3) is 0 Å². The lowest BCUT2D eigenvalue weighted by Gasteiger charge is -1.69. The number of benzene rings is 1. The monoisotopic (exact) mass is 229 g/mol. The van der Waals surface area contributed by atoms with Gasteiger partial charge in [0.05, 0.1) is 0 Å². The smallest absolute Gasteiger partial charge is 0.300 e. The molecule has 5 heteroatoms. The van der Waals surface area contributed by atoms with Crippen LogP contribution in [0.3, 0.4) is 0 Å². The lowest BCUT2D eigenvalue weighted by molar-refractivity contribution is -0.445. The van der Waals surface area contributed by atoms with Crippen LogP contribution in [0.15, 0.2) is 36.4 Å². The molecule has 0 atom stereocenters. The van der Waals surface area contributed by atoms with E-state index >= 15 is 0 Å². The van der Waals surface area contributed by atoms with E-state index in [0.717, 1.165) is 14.0 Å². The number of nitrogens with zero attached hydrogens (tertiary/aromatic N) is 1. The Morgan fingerprint density at radius 3 is 1.19 bits per heavy atom. The second-order valence-electron chi connectivity index (χ2n) is 2.11. The molecule has 0 unspecified atom stereocenters.